The molecule has 0 saturated carbocycles. The molecule has 0 unspecified atom stereocenters. The zero-order valence-corrected chi connectivity index (χ0v) is 12.6. The van der Waals surface area contributed by atoms with Gasteiger partial charge in [-0.15, -0.1) is 0 Å². The Kier molecular flexibility index (Phi) is 4.72. The molecule has 0 aliphatic rings. The predicted octanol–water partition coefficient (Wildman–Crippen LogP) is 2.58. The van der Waals surface area contributed by atoms with Gasteiger partial charge in [-0.25, -0.2) is 14.4 Å². The Bertz CT molecular complexity index is 856. The molecule has 7 nitrogen and oxygen atoms in total. The Morgan fingerprint density at radius 1 is 1.17 bits per heavy atom. The maximum absolute atomic E-state index is 12.9. The number of hydrogen-bond donors (Lipinski definition) is 1. The second-order valence-electron chi connectivity index (χ2n) is 4.91. The normalized spacial score (nSPS) is 10.3. The van der Waals surface area contributed by atoms with Crippen molar-refractivity contribution in [3.8, 4) is 17.5 Å². The number of benzene rings is 1. The van der Waals surface area contributed by atoms with Gasteiger partial charge in [0.05, 0.1) is 0 Å². The smallest absolute Gasteiger partial charge is 0.227 e. The number of nitriles is 1. The predicted molar refractivity (Wildman–Crippen MR) is 83.2 cm³/mol. The Morgan fingerprint density at radius 2 is 1.96 bits per heavy atom. The summed E-state index contributed by atoms with van der Waals surface area (Å²) in [5.41, 5.74) is 0.955. The Balaban J connectivity index is 1.53. The molecule has 0 radical (unpaired) electrons. The van der Waals surface area contributed by atoms with E-state index in [1.807, 2.05) is 6.07 Å². The minimum absolute atomic E-state index is 0.258. The van der Waals surface area contributed by atoms with Gasteiger partial charge in [0.2, 0.25) is 11.7 Å². The highest BCUT2D eigenvalue weighted by Crippen LogP contribution is 2.16. The van der Waals surface area contributed by atoms with E-state index >= 15 is 0 Å². The first kappa shape index (κ1) is 15.6. The lowest BCUT2D eigenvalue weighted by molar-refractivity contribution is 0.377. The van der Waals surface area contributed by atoms with Crippen molar-refractivity contribution in [1.82, 2.24) is 20.1 Å². The van der Waals surface area contributed by atoms with E-state index in [-0.39, 0.29) is 11.5 Å². The fourth-order valence-corrected chi connectivity index (χ4v) is 2.07. The lowest BCUT2D eigenvalue weighted by Crippen LogP contribution is -2.07. The molecule has 3 aromatic rings. The van der Waals surface area contributed by atoms with E-state index in [1.165, 1.54) is 24.5 Å². The number of aromatic nitrogens is 4. The van der Waals surface area contributed by atoms with Gasteiger partial charge in [-0.05, 0) is 30.7 Å². The maximum Gasteiger partial charge on any atom is 0.227 e. The van der Waals surface area contributed by atoms with Crippen LogP contribution in [-0.4, -0.2) is 26.7 Å². The van der Waals surface area contributed by atoms with E-state index in [0.717, 1.165) is 0 Å². The van der Waals surface area contributed by atoms with Crippen molar-refractivity contribution in [3.05, 3.63) is 54.1 Å². The highest BCUT2D eigenvalue weighted by Gasteiger charge is 2.09. The molecule has 0 saturated heterocycles. The van der Waals surface area contributed by atoms with Gasteiger partial charge in [0.1, 0.15) is 11.9 Å². The molecule has 0 bridgehead atoms. The van der Waals surface area contributed by atoms with Crippen LogP contribution in [0.15, 0.2) is 41.2 Å². The van der Waals surface area contributed by atoms with Crippen molar-refractivity contribution in [2.75, 3.05) is 11.9 Å². The van der Waals surface area contributed by atoms with Crippen LogP contribution in [0.5, 0.6) is 0 Å². The number of halogens is 1. The summed E-state index contributed by atoms with van der Waals surface area (Å²) in [6, 6.07) is 7.88. The summed E-state index contributed by atoms with van der Waals surface area (Å²) in [7, 11) is 0. The molecule has 3 rings (SSSR count). The minimum atomic E-state index is -0.311. The topological polar surface area (TPSA) is 101 Å². The SMILES string of the molecule is N#Cc1nccnc1NCCCc1nc(-c2ccc(F)cc2)no1. The zero-order valence-electron chi connectivity index (χ0n) is 12.6. The molecule has 120 valence electrons. The first-order valence-corrected chi connectivity index (χ1v) is 7.30. The van der Waals surface area contributed by atoms with Gasteiger partial charge in [-0.3, -0.25) is 0 Å². The summed E-state index contributed by atoms with van der Waals surface area (Å²) in [4.78, 5) is 12.3. The third-order valence-electron chi connectivity index (χ3n) is 3.23. The number of hydrogen-bond acceptors (Lipinski definition) is 7. The molecule has 1 aromatic carbocycles. The van der Waals surface area contributed by atoms with Gasteiger partial charge in [0.15, 0.2) is 11.5 Å². The molecule has 2 aromatic heterocycles. The number of anilines is 1. The fourth-order valence-electron chi connectivity index (χ4n) is 2.07. The maximum atomic E-state index is 12.9. The van der Waals surface area contributed by atoms with E-state index in [2.05, 4.69) is 25.4 Å². The molecule has 0 aliphatic heterocycles. The van der Waals surface area contributed by atoms with Crippen LogP contribution in [0, 0.1) is 17.1 Å². The van der Waals surface area contributed by atoms with Crippen LogP contribution >= 0.6 is 0 Å². The lowest BCUT2D eigenvalue weighted by atomic mass is 10.2. The van der Waals surface area contributed by atoms with Crippen molar-refractivity contribution in [1.29, 1.82) is 5.26 Å². The average molecular weight is 324 g/mol. The second-order valence-corrected chi connectivity index (χ2v) is 4.91. The van der Waals surface area contributed by atoms with Gasteiger partial charge in [0.25, 0.3) is 0 Å². The fraction of sp³-hybridized carbons (Fsp3) is 0.188. The van der Waals surface area contributed by atoms with Crippen LogP contribution < -0.4 is 5.32 Å². The van der Waals surface area contributed by atoms with E-state index in [0.29, 0.717) is 42.5 Å². The second kappa shape index (κ2) is 7.28. The highest BCUT2D eigenvalue weighted by molar-refractivity contribution is 5.53. The summed E-state index contributed by atoms with van der Waals surface area (Å²) in [5.74, 6) is 1.07. The van der Waals surface area contributed by atoms with E-state index in [1.54, 1.807) is 12.1 Å². The first-order chi connectivity index (χ1) is 11.8. The van der Waals surface area contributed by atoms with Gasteiger partial charge in [-0.2, -0.15) is 10.2 Å². The van der Waals surface area contributed by atoms with E-state index in [9.17, 15) is 4.39 Å². The van der Waals surface area contributed by atoms with Crippen molar-refractivity contribution in [2.24, 2.45) is 0 Å². The molecule has 0 amide bonds. The Morgan fingerprint density at radius 3 is 2.75 bits per heavy atom. The molecule has 0 atom stereocenters. The van der Waals surface area contributed by atoms with Gasteiger partial charge >= 0.3 is 0 Å². The van der Waals surface area contributed by atoms with Crippen molar-refractivity contribution >= 4 is 5.82 Å². The van der Waals surface area contributed by atoms with E-state index < -0.39 is 0 Å². The molecule has 0 fully saturated rings. The monoisotopic (exact) mass is 324 g/mol. The third-order valence-corrected chi connectivity index (χ3v) is 3.23. The molecular formula is C16H13FN6O. The number of nitrogens with zero attached hydrogens (tertiary/aromatic N) is 5. The molecular weight excluding hydrogens is 311 g/mol. The Hall–Kier alpha value is -3.34. The summed E-state index contributed by atoms with van der Waals surface area (Å²) in [6.45, 7) is 0.585. The third kappa shape index (κ3) is 3.70. The molecule has 2 heterocycles. The Labute approximate surface area is 137 Å². The highest BCUT2D eigenvalue weighted by atomic mass is 19.1. The molecule has 0 spiro atoms. The standard InChI is InChI=1S/C16H13FN6O/c17-12-5-3-11(4-6-12)15-22-14(24-23-15)2-1-7-20-16-13(10-18)19-8-9-21-16/h3-6,8-9H,1-2,7H2,(H,20,21). The van der Waals surface area contributed by atoms with Crippen molar-refractivity contribution < 1.29 is 8.91 Å². The summed E-state index contributed by atoms with van der Waals surface area (Å²) in [5, 5.41) is 15.9. The van der Waals surface area contributed by atoms with Gasteiger partial charge in [0, 0.05) is 30.9 Å². The van der Waals surface area contributed by atoms with Crippen LogP contribution in [-0.2, 0) is 6.42 Å². The first-order valence-electron chi connectivity index (χ1n) is 7.30. The largest absolute Gasteiger partial charge is 0.368 e. The summed E-state index contributed by atoms with van der Waals surface area (Å²) in [6.07, 6.45) is 4.28. The molecule has 24 heavy (non-hydrogen) atoms. The molecule has 0 aliphatic carbocycles. The van der Waals surface area contributed by atoms with Crippen molar-refractivity contribution in [2.45, 2.75) is 12.8 Å². The van der Waals surface area contributed by atoms with Crippen LogP contribution in [0.4, 0.5) is 10.2 Å². The molecule has 1 N–H and O–H groups in total. The van der Waals surface area contributed by atoms with Crippen LogP contribution in [0.2, 0.25) is 0 Å². The minimum Gasteiger partial charge on any atom is -0.368 e. The van der Waals surface area contributed by atoms with Gasteiger partial charge < -0.3 is 9.84 Å². The zero-order chi connectivity index (χ0) is 16.8. The van der Waals surface area contributed by atoms with Crippen LogP contribution in [0.1, 0.15) is 18.0 Å². The van der Waals surface area contributed by atoms with Crippen molar-refractivity contribution in [3.63, 3.8) is 0 Å². The summed E-state index contributed by atoms with van der Waals surface area (Å²) >= 11 is 0. The van der Waals surface area contributed by atoms with Crippen LogP contribution in [0.3, 0.4) is 0 Å². The van der Waals surface area contributed by atoms with Crippen LogP contribution in [0.25, 0.3) is 11.4 Å². The molecule has 8 heteroatoms. The van der Waals surface area contributed by atoms with Gasteiger partial charge in [-0.1, -0.05) is 5.16 Å². The number of rotatable bonds is 6. The quantitative estimate of drug-likeness (QED) is 0.695. The number of nitrogens with one attached hydrogen (secondary N) is 1. The average Bonchev–Trinajstić information content (AvgIpc) is 3.08. The summed E-state index contributed by atoms with van der Waals surface area (Å²) < 4.78 is 18.1. The lowest BCUT2D eigenvalue weighted by Gasteiger charge is -2.04. The van der Waals surface area contributed by atoms with E-state index in [4.69, 9.17) is 9.78 Å². The number of aryl methyl sites for hydroxylation is 1.